The number of fused-ring (bicyclic) bond motifs is 2. The Morgan fingerprint density at radius 1 is 1.23 bits per heavy atom. The number of H-pyrrole nitrogens is 1. The fourth-order valence-corrected chi connectivity index (χ4v) is 4.23. The minimum Gasteiger partial charge on any atom is -0.472 e. The number of likely N-dealkylation sites (tertiary alicyclic amines) is 1. The molecule has 1 fully saturated rings. The van der Waals surface area contributed by atoms with Crippen LogP contribution in [0.1, 0.15) is 28.9 Å². The quantitative estimate of drug-likeness (QED) is 0.620. The lowest BCUT2D eigenvalue weighted by Gasteiger charge is -2.30. The number of nitrogens with one attached hydrogen (secondary N) is 2. The van der Waals surface area contributed by atoms with Gasteiger partial charge in [0.15, 0.2) is 0 Å². The molecule has 0 radical (unpaired) electrons. The van der Waals surface area contributed by atoms with E-state index in [-0.39, 0.29) is 12.0 Å². The van der Waals surface area contributed by atoms with E-state index in [9.17, 15) is 14.7 Å². The number of carboxylic acid groups (broad SMARTS) is 1. The second-order valence-electron chi connectivity index (χ2n) is 7.72. The Morgan fingerprint density at radius 2 is 2.13 bits per heavy atom. The molecule has 0 spiro atoms. The van der Waals surface area contributed by atoms with Gasteiger partial charge in [-0.1, -0.05) is 18.2 Å². The number of nitrogens with zero attached hydrogens (tertiary/aromatic N) is 2. The molecule has 1 saturated heterocycles. The number of aromatic nitrogens is 2. The molecule has 8 nitrogen and oxygen atoms in total. The zero-order valence-electron chi connectivity index (χ0n) is 16.4. The molecule has 2 aliphatic heterocycles. The molecule has 3 N–H and O–H groups in total. The maximum atomic E-state index is 12.1. The number of ether oxygens (including phenoxy) is 1. The normalized spacial score (nSPS) is 18.7. The lowest BCUT2D eigenvalue weighted by Crippen LogP contribution is -2.43. The molecule has 0 aliphatic carbocycles. The molecule has 8 heteroatoms. The largest absolute Gasteiger partial charge is 0.472 e. The van der Waals surface area contributed by atoms with E-state index in [2.05, 4.69) is 10.3 Å². The van der Waals surface area contributed by atoms with Gasteiger partial charge in [0.1, 0.15) is 6.10 Å². The van der Waals surface area contributed by atoms with Gasteiger partial charge in [0.2, 0.25) is 5.88 Å². The molecule has 1 aromatic carbocycles. The summed E-state index contributed by atoms with van der Waals surface area (Å²) in [6, 6.07) is 11.6. The summed E-state index contributed by atoms with van der Waals surface area (Å²) in [4.78, 5) is 32.9. The molecule has 0 saturated carbocycles. The van der Waals surface area contributed by atoms with Gasteiger partial charge >= 0.3 is 6.09 Å². The van der Waals surface area contributed by atoms with Crippen LogP contribution in [0, 0.1) is 0 Å². The number of amides is 2. The molecule has 154 valence electrons. The van der Waals surface area contributed by atoms with Gasteiger partial charge in [-0.15, -0.1) is 0 Å². The van der Waals surface area contributed by atoms with Gasteiger partial charge in [-0.3, -0.25) is 4.79 Å². The van der Waals surface area contributed by atoms with Crippen LogP contribution in [0.2, 0.25) is 0 Å². The summed E-state index contributed by atoms with van der Waals surface area (Å²) in [6.45, 7) is 1.51. The zero-order valence-corrected chi connectivity index (χ0v) is 16.4. The van der Waals surface area contributed by atoms with Crippen LogP contribution in [-0.2, 0) is 6.42 Å². The smallest absolute Gasteiger partial charge is 0.407 e. The molecule has 5 rings (SSSR count). The van der Waals surface area contributed by atoms with Crippen molar-refractivity contribution >= 4 is 22.9 Å². The van der Waals surface area contributed by atoms with Gasteiger partial charge in [-0.2, -0.15) is 0 Å². The van der Waals surface area contributed by atoms with Crippen LogP contribution in [0.5, 0.6) is 5.88 Å². The van der Waals surface area contributed by atoms with E-state index < -0.39 is 6.09 Å². The van der Waals surface area contributed by atoms with Crippen molar-refractivity contribution in [3.63, 3.8) is 0 Å². The van der Waals surface area contributed by atoms with Crippen LogP contribution in [0.15, 0.2) is 36.4 Å². The van der Waals surface area contributed by atoms with Crippen LogP contribution in [-0.4, -0.2) is 57.7 Å². The fourth-order valence-electron chi connectivity index (χ4n) is 4.23. The van der Waals surface area contributed by atoms with E-state index in [0.29, 0.717) is 31.1 Å². The lowest BCUT2D eigenvalue weighted by atomic mass is 10.1. The summed E-state index contributed by atoms with van der Waals surface area (Å²) >= 11 is 0. The summed E-state index contributed by atoms with van der Waals surface area (Å²) in [5.41, 5.74) is 4.14. The number of rotatable bonds is 3. The van der Waals surface area contributed by atoms with Crippen molar-refractivity contribution in [3.05, 3.63) is 47.7 Å². The summed E-state index contributed by atoms with van der Waals surface area (Å²) in [7, 11) is 0. The average Bonchev–Trinajstić information content (AvgIpc) is 3.19. The van der Waals surface area contributed by atoms with Gasteiger partial charge < -0.3 is 25.0 Å². The maximum Gasteiger partial charge on any atom is 0.407 e. The molecule has 2 aromatic heterocycles. The van der Waals surface area contributed by atoms with Gasteiger partial charge in [0, 0.05) is 47.9 Å². The molecular formula is C22H22N4O4. The number of hydrogen-bond acceptors (Lipinski definition) is 4. The highest BCUT2D eigenvalue weighted by Gasteiger charge is 2.25. The van der Waals surface area contributed by atoms with E-state index in [1.807, 2.05) is 36.4 Å². The third kappa shape index (κ3) is 3.34. The van der Waals surface area contributed by atoms with Crippen molar-refractivity contribution in [2.24, 2.45) is 0 Å². The monoisotopic (exact) mass is 406 g/mol. The standard InChI is InChI=1S/C22H22N4O4/c27-21-16-11-18(24-17(16)8-9-23-21)15-5-1-3-13-6-7-19(25-20(13)15)30-14-4-2-10-26(12-14)22(28)29/h1,3,5-7,11,14,24H,2,4,8-10,12H2,(H,23,27)(H,28,29). The topological polar surface area (TPSA) is 108 Å². The first-order chi connectivity index (χ1) is 14.6. The Morgan fingerprint density at radius 3 is 2.97 bits per heavy atom. The van der Waals surface area contributed by atoms with Crippen molar-refractivity contribution < 1.29 is 19.4 Å². The molecule has 0 bridgehead atoms. The Kier molecular flexibility index (Phi) is 4.54. The summed E-state index contributed by atoms with van der Waals surface area (Å²) in [5.74, 6) is 0.414. The van der Waals surface area contributed by atoms with E-state index in [0.717, 1.165) is 47.1 Å². The fraction of sp³-hybridized carbons (Fsp3) is 0.318. The summed E-state index contributed by atoms with van der Waals surface area (Å²) in [5, 5.41) is 13.1. The van der Waals surface area contributed by atoms with E-state index in [1.54, 1.807) is 0 Å². The van der Waals surface area contributed by atoms with Crippen LogP contribution < -0.4 is 10.1 Å². The number of piperidine rings is 1. The third-order valence-electron chi connectivity index (χ3n) is 5.73. The predicted molar refractivity (Wildman–Crippen MR) is 111 cm³/mol. The minimum absolute atomic E-state index is 0.0590. The van der Waals surface area contributed by atoms with Crippen LogP contribution in [0.4, 0.5) is 4.79 Å². The third-order valence-corrected chi connectivity index (χ3v) is 5.73. The number of hydrogen-bond donors (Lipinski definition) is 3. The van der Waals surface area contributed by atoms with Crippen molar-refractivity contribution in [2.75, 3.05) is 19.6 Å². The highest BCUT2D eigenvalue weighted by atomic mass is 16.5. The van der Waals surface area contributed by atoms with Gasteiger partial charge in [0.05, 0.1) is 17.6 Å². The minimum atomic E-state index is -0.920. The SMILES string of the molecule is O=C1NCCc2[nH]c(-c3cccc4ccc(OC5CCCN(C(=O)O)C5)nc34)cc21. The lowest BCUT2D eigenvalue weighted by molar-refractivity contribution is 0.0769. The predicted octanol–water partition coefficient (Wildman–Crippen LogP) is 3.04. The molecule has 3 aromatic rings. The van der Waals surface area contributed by atoms with Crippen molar-refractivity contribution in [1.29, 1.82) is 0 Å². The van der Waals surface area contributed by atoms with Crippen LogP contribution >= 0.6 is 0 Å². The highest BCUT2D eigenvalue weighted by molar-refractivity contribution is 6.00. The number of pyridine rings is 1. The first kappa shape index (κ1) is 18.5. The van der Waals surface area contributed by atoms with Gasteiger partial charge in [0.25, 0.3) is 5.91 Å². The molecule has 1 unspecified atom stereocenters. The molecule has 2 aliphatic rings. The number of benzene rings is 1. The van der Waals surface area contributed by atoms with Gasteiger partial charge in [-0.05, 0) is 25.0 Å². The second-order valence-corrected chi connectivity index (χ2v) is 7.72. The Hall–Kier alpha value is -3.55. The summed E-state index contributed by atoms with van der Waals surface area (Å²) < 4.78 is 6.04. The Labute approximate surface area is 172 Å². The first-order valence-electron chi connectivity index (χ1n) is 10.1. The molecule has 4 heterocycles. The van der Waals surface area contributed by atoms with Gasteiger partial charge in [-0.25, -0.2) is 9.78 Å². The maximum absolute atomic E-state index is 12.1. The number of para-hydroxylation sites is 1. The first-order valence-corrected chi connectivity index (χ1v) is 10.1. The molecule has 30 heavy (non-hydrogen) atoms. The molecular weight excluding hydrogens is 384 g/mol. The number of aromatic amines is 1. The zero-order chi connectivity index (χ0) is 20.7. The number of carbonyl (C=O) groups excluding carboxylic acids is 1. The van der Waals surface area contributed by atoms with Crippen LogP contribution in [0.25, 0.3) is 22.2 Å². The second kappa shape index (κ2) is 7.37. The van der Waals surface area contributed by atoms with E-state index >= 15 is 0 Å². The van der Waals surface area contributed by atoms with E-state index in [4.69, 9.17) is 9.72 Å². The van der Waals surface area contributed by atoms with Crippen molar-refractivity contribution in [1.82, 2.24) is 20.2 Å². The van der Waals surface area contributed by atoms with Crippen molar-refractivity contribution in [3.8, 4) is 17.1 Å². The Bertz CT molecular complexity index is 1140. The molecule has 2 amide bonds. The molecule has 1 atom stereocenters. The average molecular weight is 406 g/mol. The van der Waals surface area contributed by atoms with Crippen LogP contribution in [0.3, 0.4) is 0 Å². The Balaban J connectivity index is 1.47. The highest BCUT2D eigenvalue weighted by Crippen LogP contribution is 2.31. The summed E-state index contributed by atoms with van der Waals surface area (Å²) in [6.07, 6.45) is 1.20. The van der Waals surface area contributed by atoms with Crippen molar-refractivity contribution in [2.45, 2.75) is 25.4 Å². The van der Waals surface area contributed by atoms with E-state index in [1.165, 1.54) is 4.90 Å². The number of carbonyl (C=O) groups is 2.